The maximum Gasteiger partial charge on any atom is 0.261 e. The molecular formula is C13H14BrN3O3. The van der Waals surface area contributed by atoms with Crippen molar-refractivity contribution in [3.05, 3.63) is 33.3 Å². The van der Waals surface area contributed by atoms with Crippen molar-refractivity contribution in [2.45, 2.75) is 12.1 Å². The number of pyridine rings is 2. The number of aromatic nitrogens is 2. The van der Waals surface area contributed by atoms with Gasteiger partial charge >= 0.3 is 0 Å². The van der Waals surface area contributed by atoms with E-state index in [1.807, 2.05) is 6.07 Å². The topological polar surface area (TPSA) is 76.4 Å². The minimum Gasteiger partial charge on any atom is -0.388 e. The molecule has 0 amide bonds. The summed E-state index contributed by atoms with van der Waals surface area (Å²) in [5.74, 6) is 0.471. The van der Waals surface area contributed by atoms with Crippen LogP contribution >= 0.6 is 15.9 Å². The smallest absolute Gasteiger partial charge is 0.261 e. The van der Waals surface area contributed by atoms with Gasteiger partial charge in [-0.1, -0.05) is 0 Å². The van der Waals surface area contributed by atoms with Crippen LogP contribution in [0.15, 0.2) is 27.7 Å². The van der Waals surface area contributed by atoms with Crippen LogP contribution in [0.1, 0.15) is 0 Å². The Labute approximate surface area is 123 Å². The van der Waals surface area contributed by atoms with Gasteiger partial charge in [-0.3, -0.25) is 4.79 Å². The molecule has 1 aliphatic heterocycles. The van der Waals surface area contributed by atoms with E-state index in [4.69, 9.17) is 4.74 Å². The number of nitrogens with one attached hydrogen (secondary N) is 1. The van der Waals surface area contributed by atoms with Gasteiger partial charge in [0.05, 0.1) is 30.7 Å². The molecule has 0 unspecified atom stereocenters. The zero-order valence-electron chi connectivity index (χ0n) is 10.8. The molecular weight excluding hydrogens is 326 g/mol. The van der Waals surface area contributed by atoms with Crippen LogP contribution in [0.25, 0.3) is 10.8 Å². The van der Waals surface area contributed by atoms with Gasteiger partial charge < -0.3 is 19.7 Å². The SMILES string of the molecule is Cn1ccc2c(Br)cnc(N[C@H]3COC[C@@H]3O)c2c1=O. The number of aryl methyl sites for hydroxylation is 1. The Balaban J connectivity index is 2.13. The molecule has 20 heavy (non-hydrogen) atoms. The molecule has 2 N–H and O–H groups in total. The van der Waals surface area contributed by atoms with E-state index >= 15 is 0 Å². The molecule has 0 saturated carbocycles. The molecule has 2 aromatic heterocycles. The van der Waals surface area contributed by atoms with Gasteiger partial charge in [0.15, 0.2) is 0 Å². The summed E-state index contributed by atoms with van der Waals surface area (Å²) < 4.78 is 7.46. The lowest BCUT2D eigenvalue weighted by atomic mass is 10.1. The van der Waals surface area contributed by atoms with Crippen molar-refractivity contribution in [2.75, 3.05) is 18.5 Å². The molecule has 0 spiro atoms. The zero-order valence-corrected chi connectivity index (χ0v) is 12.4. The highest BCUT2D eigenvalue weighted by atomic mass is 79.9. The second-order valence-corrected chi connectivity index (χ2v) is 5.69. The molecule has 0 bridgehead atoms. The minimum absolute atomic E-state index is 0.132. The van der Waals surface area contributed by atoms with Gasteiger partial charge in [0.1, 0.15) is 5.82 Å². The monoisotopic (exact) mass is 339 g/mol. The number of rotatable bonds is 2. The summed E-state index contributed by atoms with van der Waals surface area (Å²) >= 11 is 3.40. The summed E-state index contributed by atoms with van der Waals surface area (Å²) in [6.45, 7) is 0.692. The molecule has 1 aliphatic rings. The Morgan fingerprint density at radius 3 is 3.05 bits per heavy atom. The molecule has 3 heterocycles. The third kappa shape index (κ3) is 2.21. The maximum absolute atomic E-state index is 12.3. The Hall–Kier alpha value is -1.44. The number of aliphatic hydroxyl groups is 1. The van der Waals surface area contributed by atoms with Gasteiger partial charge in [-0.25, -0.2) is 4.98 Å². The molecule has 1 fully saturated rings. The van der Waals surface area contributed by atoms with Gasteiger partial charge in [0.2, 0.25) is 0 Å². The number of halogens is 1. The van der Waals surface area contributed by atoms with Crippen molar-refractivity contribution < 1.29 is 9.84 Å². The van der Waals surface area contributed by atoms with E-state index in [0.717, 1.165) is 9.86 Å². The molecule has 0 aliphatic carbocycles. The van der Waals surface area contributed by atoms with Crippen LogP contribution in [0, 0.1) is 0 Å². The van der Waals surface area contributed by atoms with Crippen molar-refractivity contribution in [2.24, 2.45) is 7.05 Å². The van der Waals surface area contributed by atoms with Crippen LogP contribution in [0.5, 0.6) is 0 Å². The van der Waals surface area contributed by atoms with Gasteiger partial charge in [-0.05, 0) is 22.0 Å². The van der Waals surface area contributed by atoms with E-state index < -0.39 is 6.10 Å². The van der Waals surface area contributed by atoms with Gasteiger partial charge in [-0.15, -0.1) is 0 Å². The fraction of sp³-hybridized carbons (Fsp3) is 0.385. The highest BCUT2D eigenvalue weighted by Gasteiger charge is 2.27. The summed E-state index contributed by atoms with van der Waals surface area (Å²) in [7, 11) is 1.69. The predicted molar refractivity (Wildman–Crippen MR) is 78.9 cm³/mol. The van der Waals surface area contributed by atoms with Crippen LogP contribution in [0.2, 0.25) is 0 Å². The highest BCUT2D eigenvalue weighted by molar-refractivity contribution is 9.10. The van der Waals surface area contributed by atoms with E-state index in [9.17, 15) is 9.90 Å². The second-order valence-electron chi connectivity index (χ2n) is 4.83. The average Bonchev–Trinajstić information content (AvgIpc) is 2.82. The second kappa shape index (κ2) is 5.16. The van der Waals surface area contributed by atoms with Crippen molar-refractivity contribution in [3.63, 3.8) is 0 Å². The van der Waals surface area contributed by atoms with Crippen molar-refractivity contribution in [3.8, 4) is 0 Å². The maximum atomic E-state index is 12.3. The molecule has 3 rings (SSSR count). The molecule has 0 radical (unpaired) electrons. The predicted octanol–water partition coefficient (Wildman–Crippen LogP) is 0.868. The molecule has 0 aromatic carbocycles. The van der Waals surface area contributed by atoms with Crippen LogP contribution in [-0.4, -0.2) is 40.0 Å². The summed E-state index contributed by atoms with van der Waals surface area (Å²) in [6.07, 6.45) is 2.77. The lowest BCUT2D eigenvalue weighted by Crippen LogP contribution is -2.33. The first-order valence-corrected chi connectivity index (χ1v) is 7.03. The van der Waals surface area contributed by atoms with E-state index in [-0.39, 0.29) is 11.6 Å². The fourth-order valence-electron chi connectivity index (χ4n) is 2.28. The van der Waals surface area contributed by atoms with E-state index in [1.165, 1.54) is 4.57 Å². The van der Waals surface area contributed by atoms with E-state index in [0.29, 0.717) is 24.4 Å². The third-order valence-corrected chi connectivity index (χ3v) is 4.07. The van der Waals surface area contributed by atoms with Crippen LogP contribution in [0.4, 0.5) is 5.82 Å². The van der Waals surface area contributed by atoms with E-state index in [1.54, 1.807) is 19.4 Å². The Bertz CT molecular complexity index is 716. The summed E-state index contributed by atoms with van der Waals surface area (Å²) in [6, 6.07) is 1.60. The molecule has 2 aromatic rings. The summed E-state index contributed by atoms with van der Waals surface area (Å²) in [5, 5.41) is 14.2. The molecule has 1 saturated heterocycles. The van der Waals surface area contributed by atoms with Crippen LogP contribution in [0.3, 0.4) is 0 Å². The minimum atomic E-state index is -0.594. The highest BCUT2D eigenvalue weighted by Crippen LogP contribution is 2.26. The normalized spacial score (nSPS) is 22.4. The van der Waals surface area contributed by atoms with Crippen LogP contribution in [-0.2, 0) is 11.8 Å². The number of hydrogen-bond donors (Lipinski definition) is 2. The van der Waals surface area contributed by atoms with Crippen molar-refractivity contribution >= 4 is 32.5 Å². The lowest BCUT2D eigenvalue weighted by Gasteiger charge is -2.17. The lowest BCUT2D eigenvalue weighted by molar-refractivity contribution is 0.125. The number of anilines is 1. The molecule has 7 heteroatoms. The molecule has 2 atom stereocenters. The first kappa shape index (κ1) is 13.5. The molecule has 106 valence electrons. The third-order valence-electron chi connectivity index (χ3n) is 3.44. The Kier molecular flexibility index (Phi) is 3.49. The number of aliphatic hydroxyl groups excluding tert-OH is 1. The fourth-order valence-corrected chi connectivity index (χ4v) is 2.71. The summed E-state index contributed by atoms with van der Waals surface area (Å²) in [4.78, 5) is 16.6. The first-order valence-electron chi connectivity index (χ1n) is 6.24. The largest absolute Gasteiger partial charge is 0.388 e. The van der Waals surface area contributed by atoms with E-state index in [2.05, 4.69) is 26.2 Å². The zero-order chi connectivity index (χ0) is 14.3. The first-order chi connectivity index (χ1) is 9.58. The average molecular weight is 340 g/mol. The van der Waals surface area contributed by atoms with Gasteiger partial charge in [0, 0.05) is 29.3 Å². The Morgan fingerprint density at radius 1 is 1.55 bits per heavy atom. The number of nitrogens with zero attached hydrogens (tertiary/aromatic N) is 2. The quantitative estimate of drug-likeness (QED) is 0.848. The number of hydrogen-bond acceptors (Lipinski definition) is 5. The number of ether oxygens (including phenoxy) is 1. The number of fused-ring (bicyclic) bond motifs is 1. The van der Waals surface area contributed by atoms with Crippen molar-refractivity contribution in [1.82, 2.24) is 9.55 Å². The van der Waals surface area contributed by atoms with Crippen LogP contribution < -0.4 is 10.9 Å². The van der Waals surface area contributed by atoms with Gasteiger partial charge in [-0.2, -0.15) is 0 Å². The van der Waals surface area contributed by atoms with Gasteiger partial charge in [0.25, 0.3) is 5.56 Å². The summed E-state index contributed by atoms with van der Waals surface area (Å²) in [5.41, 5.74) is -0.132. The molecule has 6 nitrogen and oxygen atoms in total. The van der Waals surface area contributed by atoms with Crippen molar-refractivity contribution in [1.29, 1.82) is 0 Å². The standard InChI is InChI=1S/C13H14BrN3O3/c1-17-3-2-7-8(14)4-15-12(11(7)13(17)19)16-9-5-20-6-10(9)18/h2-4,9-10,18H,5-6H2,1H3,(H,15,16)/t9-,10-/m0/s1. The Morgan fingerprint density at radius 2 is 2.35 bits per heavy atom.